The van der Waals surface area contributed by atoms with Crippen LogP contribution >= 0.6 is 0 Å². The first kappa shape index (κ1) is 13.6. The predicted molar refractivity (Wildman–Crippen MR) is 59.1 cm³/mol. The van der Waals surface area contributed by atoms with Crippen LogP contribution in [0, 0.1) is 19.7 Å². The summed E-state index contributed by atoms with van der Waals surface area (Å²) in [6, 6.07) is 2.47. The molecule has 2 atom stereocenters. The van der Waals surface area contributed by atoms with Crippen LogP contribution in [0.2, 0.25) is 0 Å². The van der Waals surface area contributed by atoms with Crippen LogP contribution in [0.1, 0.15) is 29.2 Å². The number of carbonyl (C=O) groups is 1. The lowest BCUT2D eigenvalue weighted by atomic mass is 9.93. The Morgan fingerprint density at radius 3 is 2.18 bits per heavy atom. The quantitative estimate of drug-likeness (QED) is 0.744. The molecule has 94 valence electrons. The molecule has 0 spiro atoms. The maximum Gasteiger partial charge on any atom is 0.306 e. The van der Waals surface area contributed by atoms with E-state index in [0.717, 1.165) is 0 Å². The van der Waals surface area contributed by atoms with E-state index in [4.69, 9.17) is 5.11 Å². The Labute approximate surface area is 98.3 Å². The smallest absolute Gasteiger partial charge is 0.306 e. The van der Waals surface area contributed by atoms with Crippen LogP contribution in [-0.4, -0.2) is 27.4 Å². The zero-order chi connectivity index (χ0) is 13.2. The van der Waals surface area contributed by atoms with Crippen LogP contribution in [0.15, 0.2) is 12.1 Å². The molecule has 0 bridgehead atoms. The minimum Gasteiger partial charge on any atom is -0.481 e. The maximum absolute atomic E-state index is 13.0. The second-order valence-electron chi connectivity index (χ2n) is 4.06. The number of halogens is 1. The minimum atomic E-state index is -1.41. The molecule has 1 aromatic carbocycles. The van der Waals surface area contributed by atoms with Crippen molar-refractivity contribution in [1.82, 2.24) is 0 Å². The number of hydrogen-bond donors (Lipinski definition) is 3. The van der Waals surface area contributed by atoms with Crippen LogP contribution in [0.4, 0.5) is 4.39 Å². The molecule has 0 saturated heterocycles. The largest absolute Gasteiger partial charge is 0.481 e. The zero-order valence-electron chi connectivity index (χ0n) is 9.64. The van der Waals surface area contributed by atoms with Gasteiger partial charge in [0.1, 0.15) is 11.9 Å². The van der Waals surface area contributed by atoms with Gasteiger partial charge in [-0.15, -0.1) is 0 Å². The Hall–Kier alpha value is -1.46. The van der Waals surface area contributed by atoms with Crippen LogP contribution in [0.3, 0.4) is 0 Å². The van der Waals surface area contributed by atoms with Gasteiger partial charge in [0.15, 0.2) is 0 Å². The topological polar surface area (TPSA) is 77.8 Å². The van der Waals surface area contributed by atoms with Crippen molar-refractivity contribution in [1.29, 1.82) is 0 Å². The molecule has 4 nitrogen and oxygen atoms in total. The molecule has 0 heterocycles. The van der Waals surface area contributed by atoms with Gasteiger partial charge in [0.05, 0.1) is 12.5 Å². The van der Waals surface area contributed by atoms with Gasteiger partial charge in [-0.05, 0) is 42.7 Å². The molecule has 0 aliphatic heterocycles. The zero-order valence-corrected chi connectivity index (χ0v) is 9.64. The van der Waals surface area contributed by atoms with Crippen LogP contribution in [0.5, 0.6) is 0 Å². The van der Waals surface area contributed by atoms with Gasteiger partial charge in [0.2, 0.25) is 0 Å². The molecule has 0 fully saturated rings. The van der Waals surface area contributed by atoms with Gasteiger partial charge in [-0.3, -0.25) is 4.79 Å². The SMILES string of the molecule is Cc1cc(F)cc(C)c1C(O)C(O)CC(=O)O. The Morgan fingerprint density at radius 2 is 1.76 bits per heavy atom. The van der Waals surface area contributed by atoms with Gasteiger partial charge >= 0.3 is 5.97 Å². The normalized spacial score (nSPS) is 14.4. The van der Waals surface area contributed by atoms with E-state index < -0.39 is 30.4 Å². The number of carboxylic acid groups (broad SMARTS) is 1. The minimum absolute atomic E-state index is 0.375. The Bertz CT molecular complexity index is 408. The molecule has 0 aliphatic rings. The Balaban J connectivity index is 3.03. The molecule has 0 aliphatic carbocycles. The summed E-state index contributed by atoms with van der Waals surface area (Å²) in [5.74, 6) is -1.63. The highest BCUT2D eigenvalue weighted by atomic mass is 19.1. The number of benzene rings is 1. The van der Waals surface area contributed by atoms with E-state index >= 15 is 0 Å². The number of carboxylic acids is 1. The summed E-state index contributed by atoms with van der Waals surface area (Å²) in [6.45, 7) is 3.20. The molecular weight excluding hydrogens is 227 g/mol. The fraction of sp³-hybridized carbons (Fsp3) is 0.417. The van der Waals surface area contributed by atoms with E-state index in [9.17, 15) is 19.4 Å². The van der Waals surface area contributed by atoms with E-state index in [-0.39, 0.29) is 0 Å². The average molecular weight is 242 g/mol. The molecule has 5 heteroatoms. The highest BCUT2D eigenvalue weighted by molar-refractivity contribution is 5.67. The van der Waals surface area contributed by atoms with E-state index in [1.165, 1.54) is 12.1 Å². The summed E-state index contributed by atoms with van der Waals surface area (Å²) in [7, 11) is 0. The highest BCUT2D eigenvalue weighted by Crippen LogP contribution is 2.26. The third kappa shape index (κ3) is 3.25. The monoisotopic (exact) mass is 242 g/mol. The van der Waals surface area contributed by atoms with E-state index in [1.54, 1.807) is 13.8 Å². The predicted octanol–water partition coefficient (Wildman–Crippen LogP) is 1.31. The molecule has 0 aromatic heterocycles. The van der Waals surface area contributed by atoms with Crippen molar-refractivity contribution in [3.63, 3.8) is 0 Å². The molecule has 1 aromatic rings. The van der Waals surface area contributed by atoms with Crippen molar-refractivity contribution in [3.8, 4) is 0 Å². The molecule has 3 N–H and O–H groups in total. The van der Waals surface area contributed by atoms with Crippen LogP contribution in [-0.2, 0) is 4.79 Å². The summed E-state index contributed by atoms with van der Waals surface area (Å²) in [5, 5.41) is 27.9. The summed E-state index contributed by atoms with van der Waals surface area (Å²) in [6.07, 6.45) is -3.29. The highest BCUT2D eigenvalue weighted by Gasteiger charge is 2.24. The first-order chi connectivity index (χ1) is 7.82. The number of aryl methyl sites for hydroxylation is 2. The van der Waals surface area contributed by atoms with Gasteiger partial charge < -0.3 is 15.3 Å². The second-order valence-corrected chi connectivity index (χ2v) is 4.06. The molecule has 2 unspecified atom stereocenters. The number of hydrogen-bond acceptors (Lipinski definition) is 3. The Morgan fingerprint density at radius 1 is 1.29 bits per heavy atom. The fourth-order valence-electron chi connectivity index (χ4n) is 1.87. The molecule has 0 amide bonds. The number of rotatable bonds is 4. The molecule has 0 saturated carbocycles. The number of aliphatic hydroxyl groups is 2. The van der Waals surface area contributed by atoms with Crippen molar-refractivity contribution in [2.45, 2.75) is 32.5 Å². The van der Waals surface area contributed by atoms with Gasteiger partial charge in [0, 0.05) is 0 Å². The molecular formula is C12H15FO4. The Kier molecular flexibility index (Phi) is 4.20. The van der Waals surface area contributed by atoms with Gasteiger partial charge in [0.25, 0.3) is 0 Å². The number of aliphatic carboxylic acids is 1. The first-order valence-corrected chi connectivity index (χ1v) is 5.17. The lowest BCUT2D eigenvalue weighted by molar-refractivity contribution is -0.141. The maximum atomic E-state index is 13.0. The van der Waals surface area contributed by atoms with Gasteiger partial charge in [-0.2, -0.15) is 0 Å². The third-order valence-corrected chi connectivity index (χ3v) is 2.60. The summed E-state index contributed by atoms with van der Waals surface area (Å²) < 4.78 is 13.0. The van der Waals surface area contributed by atoms with Crippen molar-refractivity contribution in [3.05, 3.63) is 34.6 Å². The average Bonchev–Trinajstić information content (AvgIpc) is 2.14. The molecule has 0 radical (unpaired) electrons. The molecule has 17 heavy (non-hydrogen) atoms. The van der Waals surface area contributed by atoms with E-state index in [0.29, 0.717) is 16.7 Å². The standard InChI is InChI=1S/C12H15FO4/c1-6-3-8(13)4-7(2)11(6)12(17)9(14)5-10(15)16/h3-4,9,12,14,17H,5H2,1-2H3,(H,15,16). The van der Waals surface area contributed by atoms with Gasteiger partial charge in [-0.25, -0.2) is 4.39 Å². The van der Waals surface area contributed by atoms with Crippen molar-refractivity contribution in [2.24, 2.45) is 0 Å². The van der Waals surface area contributed by atoms with E-state index in [2.05, 4.69) is 0 Å². The summed E-state index contributed by atoms with van der Waals surface area (Å²) in [5.41, 5.74) is 1.35. The van der Waals surface area contributed by atoms with Crippen molar-refractivity contribution >= 4 is 5.97 Å². The fourth-order valence-corrected chi connectivity index (χ4v) is 1.87. The summed E-state index contributed by atoms with van der Waals surface area (Å²) in [4.78, 5) is 10.4. The van der Waals surface area contributed by atoms with E-state index in [1.807, 2.05) is 0 Å². The van der Waals surface area contributed by atoms with Crippen molar-refractivity contribution < 1.29 is 24.5 Å². The van der Waals surface area contributed by atoms with Crippen LogP contribution in [0.25, 0.3) is 0 Å². The number of aliphatic hydroxyl groups excluding tert-OH is 2. The lowest BCUT2D eigenvalue weighted by Gasteiger charge is -2.20. The van der Waals surface area contributed by atoms with Crippen LogP contribution < -0.4 is 0 Å². The molecule has 1 rings (SSSR count). The first-order valence-electron chi connectivity index (χ1n) is 5.17. The lowest BCUT2D eigenvalue weighted by Crippen LogP contribution is -2.23. The van der Waals surface area contributed by atoms with Crippen molar-refractivity contribution in [2.75, 3.05) is 0 Å². The third-order valence-electron chi connectivity index (χ3n) is 2.60. The summed E-state index contributed by atoms with van der Waals surface area (Å²) >= 11 is 0. The second kappa shape index (κ2) is 5.25. The van der Waals surface area contributed by atoms with Gasteiger partial charge in [-0.1, -0.05) is 0 Å².